The van der Waals surface area contributed by atoms with Crippen molar-refractivity contribution in [3.63, 3.8) is 0 Å². The van der Waals surface area contributed by atoms with Crippen LogP contribution in [-0.2, 0) is 6.54 Å². The number of hydrogen-bond donors (Lipinski definition) is 1. The molecule has 1 heterocycles. The van der Waals surface area contributed by atoms with Crippen LogP contribution in [0.4, 0.5) is 19.0 Å². The summed E-state index contributed by atoms with van der Waals surface area (Å²) in [7, 11) is 0. The third-order valence-electron chi connectivity index (χ3n) is 2.67. The number of halogens is 3. The van der Waals surface area contributed by atoms with E-state index in [0.29, 0.717) is 12.2 Å². The van der Waals surface area contributed by atoms with Crippen LogP contribution in [-0.4, -0.2) is 35.3 Å². The van der Waals surface area contributed by atoms with Gasteiger partial charge in [-0.15, -0.1) is 0 Å². The molecule has 0 saturated carbocycles. The lowest BCUT2D eigenvalue weighted by Crippen LogP contribution is -2.39. The van der Waals surface area contributed by atoms with Gasteiger partial charge in [0.25, 0.3) is 0 Å². The first-order valence-corrected chi connectivity index (χ1v) is 6.68. The highest BCUT2D eigenvalue weighted by Crippen LogP contribution is 2.22. The Morgan fingerprint density at radius 3 is 2.55 bits per heavy atom. The van der Waals surface area contributed by atoms with Gasteiger partial charge in [-0.2, -0.15) is 13.2 Å². The first kappa shape index (κ1) is 16.7. The maximum absolute atomic E-state index is 12.6. The third kappa shape index (κ3) is 5.73. The molecule has 1 aromatic rings. The van der Waals surface area contributed by atoms with E-state index in [0.717, 1.165) is 13.0 Å². The summed E-state index contributed by atoms with van der Waals surface area (Å²) in [6.45, 7) is 5.77. The Morgan fingerprint density at radius 2 is 2.00 bits per heavy atom. The summed E-state index contributed by atoms with van der Waals surface area (Å²) in [5.74, 6) is 0.258. The van der Waals surface area contributed by atoms with Crippen LogP contribution < -0.4 is 10.2 Å². The van der Waals surface area contributed by atoms with E-state index in [1.807, 2.05) is 6.92 Å². The lowest BCUT2D eigenvalue weighted by Gasteiger charge is -2.28. The fourth-order valence-corrected chi connectivity index (χ4v) is 1.73. The fourth-order valence-electron chi connectivity index (χ4n) is 1.73. The van der Waals surface area contributed by atoms with Crippen LogP contribution in [0.3, 0.4) is 0 Å². The molecule has 20 heavy (non-hydrogen) atoms. The van der Waals surface area contributed by atoms with Crippen LogP contribution in [0.25, 0.3) is 0 Å². The van der Waals surface area contributed by atoms with Crippen molar-refractivity contribution in [2.75, 3.05) is 18.0 Å². The van der Waals surface area contributed by atoms with Crippen LogP contribution >= 0.6 is 0 Å². The zero-order valence-corrected chi connectivity index (χ0v) is 12.0. The molecule has 0 unspecified atom stereocenters. The molecule has 0 fully saturated rings. The van der Waals surface area contributed by atoms with E-state index in [4.69, 9.17) is 0 Å². The zero-order chi connectivity index (χ0) is 15.2. The van der Waals surface area contributed by atoms with Crippen molar-refractivity contribution in [2.45, 2.75) is 46.0 Å². The normalized spacial score (nSPS) is 11.9. The molecule has 0 amide bonds. The number of alkyl halides is 3. The lowest BCUT2D eigenvalue weighted by molar-refractivity contribution is -0.120. The van der Waals surface area contributed by atoms with Gasteiger partial charge < -0.3 is 10.2 Å². The molecule has 0 bridgehead atoms. The van der Waals surface area contributed by atoms with Crippen LogP contribution in [0.1, 0.15) is 32.9 Å². The van der Waals surface area contributed by atoms with Crippen LogP contribution in [0.5, 0.6) is 0 Å². The Morgan fingerprint density at radius 1 is 1.30 bits per heavy atom. The predicted octanol–water partition coefficient (Wildman–Crippen LogP) is 2.75. The summed E-state index contributed by atoms with van der Waals surface area (Å²) in [5, 5.41) is 3.15. The van der Waals surface area contributed by atoms with Gasteiger partial charge in [-0.1, -0.05) is 6.92 Å². The summed E-state index contributed by atoms with van der Waals surface area (Å²) in [5.41, 5.74) is 0.642. The summed E-state index contributed by atoms with van der Waals surface area (Å²) >= 11 is 0. The minimum absolute atomic E-state index is 0.258. The van der Waals surface area contributed by atoms with Crippen molar-refractivity contribution >= 4 is 5.82 Å². The van der Waals surface area contributed by atoms with Gasteiger partial charge in [0.05, 0.1) is 11.9 Å². The molecule has 1 rings (SSSR count). The average molecular weight is 290 g/mol. The Bertz CT molecular complexity index is 407. The van der Waals surface area contributed by atoms with Gasteiger partial charge in [0, 0.05) is 18.8 Å². The van der Waals surface area contributed by atoms with Gasteiger partial charge in [-0.25, -0.2) is 4.98 Å². The number of nitrogens with one attached hydrogen (secondary N) is 1. The summed E-state index contributed by atoms with van der Waals surface area (Å²) in [4.78, 5) is 9.44. The Labute approximate surface area is 117 Å². The smallest absolute Gasteiger partial charge is 0.344 e. The molecule has 114 valence electrons. The second-order valence-corrected chi connectivity index (χ2v) is 4.88. The maximum atomic E-state index is 12.6. The largest absolute Gasteiger partial charge is 0.405 e. The van der Waals surface area contributed by atoms with Crippen molar-refractivity contribution < 1.29 is 13.2 Å². The topological polar surface area (TPSA) is 41.1 Å². The van der Waals surface area contributed by atoms with E-state index in [1.165, 1.54) is 11.1 Å². The second kappa shape index (κ2) is 7.42. The summed E-state index contributed by atoms with van der Waals surface area (Å²) in [6.07, 6.45) is -0.338. The molecular weight excluding hydrogens is 269 g/mol. The van der Waals surface area contributed by atoms with E-state index in [-0.39, 0.29) is 11.9 Å². The van der Waals surface area contributed by atoms with Gasteiger partial charge >= 0.3 is 6.18 Å². The Balaban J connectivity index is 2.83. The highest BCUT2D eigenvalue weighted by Gasteiger charge is 2.32. The second-order valence-electron chi connectivity index (χ2n) is 4.88. The van der Waals surface area contributed by atoms with Crippen molar-refractivity contribution in [2.24, 2.45) is 0 Å². The van der Waals surface area contributed by atoms with E-state index < -0.39 is 12.7 Å². The average Bonchev–Trinajstić information content (AvgIpc) is 2.35. The molecule has 0 spiro atoms. The molecule has 1 aromatic heterocycles. The molecular formula is C13H21F3N4. The summed E-state index contributed by atoms with van der Waals surface area (Å²) < 4.78 is 37.8. The number of anilines is 1. The van der Waals surface area contributed by atoms with Crippen LogP contribution in [0.2, 0.25) is 0 Å². The van der Waals surface area contributed by atoms with Gasteiger partial charge in [-0.3, -0.25) is 4.98 Å². The first-order chi connectivity index (χ1) is 9.33. The molecule has 1 N–H and O–H groups in total. The molecule has 0 aliphatic carbocycles. The molecule has 0 aliphatic heterocycles. The standard InChI is InChI=1S/C13H21F3N4/c1-4-5-17-6-11-7-18-8-12(19-11)20(10(2)3)9-13(14,15)16/h7-8,10,17H,4-6,9H2,1-3H3. The van der Waals surface area contributed by atoms with E-state index in [2.05, 4.69) is 15.3 Å². The van der Waals surface area contributed by atoms with Gasteiger partial charge in [0.15, 0.2) is 0 Å². The molecule has 0 atom stereocenters. The molecule has 0 aromatic carbocycles. The van der Waals surface area contributed by atoms with Gasteiger partial charge in [0.1, 0.15) is 12.4 Å². The molecule has 0 radical (unpaired) electrons. The van der Waals surface area contributed by atoms with Crippen LogP contribution in [0.15, 0.2) is 12.4 Å². The Kier molecular flexibility index (Phi) is 6.19. The minimum atomic E-state index is -4.26. The van der Waals surface area contributed by atoms with Crippen molar-refractivity contribution in [1.82, 2.24) is 15.3 Å². The molecule has 7 heteroatoms. The highest BCUT2D eigenvalue weighted by molar-refractivity contribution is 5.37. The Hall–Kier alpha value is -1.37. The third-order valence-corrected chi connectivity index (χ3v) is 2.67. The van der Waals surface area contributed by atoms with E-state index >= 15 is 0 Å². The lowest BCUT2D eigenvalue weighted by atomic mass is 10.3. The number of aromatic nitrogens is 2. The molecule has 4 nitrogen and oxygen atoms in total. The van der Waals surface area contributed by atoms with Gasteiger partial charge in [-0.05, 0) is 26.8 Å². The fraction of sp³-hybridized carbons (Fsp3) is 0.692. The number of hydrogen-bond acceptors (Lipinski definition) is 4. The van der Waals surface area contributed by atoms with Crippen molar-refractivity contribution in [3.8, 4) is 0 Å². The zero-order valence-electron chi connectivity index (χ0n) is 12.0. The molecule has 0 saturated heterocycles. The SMILES string of the molecule is CCCNCc1cncc(N(CC(F)(F)F)C(C)C)n1. The quantitative estimate of drug-likeness (QED) is 0.784. The minimum Gasteiger partial charge on any atom is -0.344 e. The number of rotatable bonds is 7. The van der Waals surface area contributed by atoms with Gasteiger partial charge in [0.2, 0.25) is 0 Å². The predicted molar refractivity (Wildman–Crippen MR) is 72.6 cm³/mol. The monoisotopic (exact) mass is 290 g/mol. The van der Waals surface area contributed by atoms with Crippen molar-refractivity contribution in [3.05, 3.63) is 18.1 Å². The number of nitrogens with zero attached hydrogens (tertiary/aromatic N) is 3. The maximum Gasteiger partial charge on any atom is 0.405 e. The van der Waals surface area contributed by atoms with E-state index in [9.17, 15) is 13.2 Å². The van der Waals surface area contributed by atoms with E-state index in [1.54, 1.807) is 20.0 Å². The molecule has 0 aliphatic rings. The van der Waals surface area contributed by atoms with Crippen molar-refractivity contribution in [1.29, 1.82) is 0 Å². The highest BCUT2D eigenvalue weighted by atomic mass is 19.4. The summed E-state index contributed by atoms with van der Waals surface area (Å²) in [6, 6.07) is -0.301. The first-order valence-electron chi connectivity index (χ1n) is 6.68. The van der Waals surface area contributed by atoms with Crippen LogP contribution in [0, 0.1) is 0 Å².